The number of nitrogens with zero attached hydrogens (tertiary/aromatic N) is 2. The molecule has 0 radical (unpaired) electrons. The normalized spacial score (nSPS) is 10.8. The lowest BCUT2D eigenvalue weighted by atomic mass is 10.0. The molecule has 1 aromatic carbocycles. The first-order chi connectivity index (χ1) is 8.90. The van der Waals surface area contributed by atoms with E-state index < -0.39 is 5.82 Å². The number of benzene rings is 1. The van der Waals surface area contributed by atoms with Crippen molar-refractivity contribution in [1.82, 2.24) is 9.78 Å². The molecular formula is C13H11Cl2FN2O. The average Bonchev–Trinajstić information content (AvgIpc) is 2.56. The third-order valence-corrected chi connectivity index (χ3v) is 3.62. The number of carbonyl (C=O) groups excluding carboxylic acids is 1. The van der Waals surface area contributed by atoms with Crippen molar-refractivity contribution >= 4 is 29.0 Å². The molecule has 2 aromatic rings. The molecule has 19 heavy (non-hydrogen) atoms. The van der Waals surface area contributed by atoms with E-state index >= 15 is 0 Å². The number of hydrogen-bond acceptors (Lipinski definition) is 2. The molecule has 0 aliphatic heterocycles. The number of aryl methyl sites for hydroxylation is 2. The monoisotopic (exact) mass is 300 g/mol. The van der Waals surface area contributed by atoms with Gasteiger partial charge in [0.2, 0.25) is 0 Å². The van der Waals surface area contributed by atoms with Crippen LogP contribution < -0.4 is 0 Å². The highest BCUT2D eigenvalue weighted by molar-refractivity contribution is 6.34. The second-order valence-electron chi connectivity index (χ2n) is 4.20. The van der Waals surface area contributed by atoms with Crippen LogP contribution in [0.4, 0.5) is 4.39 Å². The molecule has 2 rings (SSSR count). The lowest BCUT2D eigenvalue weighted by molar-refractivity contribution is 0.0993. The first-order valence-corrected chi connectivity index (χ1v) is 6.32. The van der Waals surface area contributed by atoms with Crippen LogP contribution >= 0.6 is 23.2 Å². The molecule has 0 spiro atoms. The average molecular weight is 301 g/mol. The van der Waals surface area contributed by atoms with Crippen molar-refractivity contribution in [3.05, 3.63) is 51.0 Å². The fraction of sp³-hybridized carbons (Fsp3) is 0.231. The van der Waals surface area contributed by atoms with E-state index in [1.807, 2.05) is 0 Å². The molecule has 0 N–H and O–H groups in total. The predicted molar refractivity (Wildman–Crippen MR) is 72.4 cm³/mol. The van der Waals surface area contributed by atoms with E-state index in [1.165, 1.54) is 16.8 Å². The SMILES string of the molecule is Cc1nn(C)c(Cl)c1CC(=O)c1ccc(F)cc1Cl. The maximum atomic E-state index is 12.9. The van der Waals surface area contributed by atoms with Crippen molar-refractivity contribution in [2.45, 2.75) is 13.3 Å². The van der Waals surface area contributed by atoms with Crippen molar-refractivity contribution in [1.29, 1.82) is 0 Å². The highest BCUT2D eigenvalue weighted by atomic mass is 35.5. The van der Waals surface area contributed by atoms with Gasteiger partial charge in [-0.3, -0.25) is 9.48 Å². The molecular weight excluding hydrogens is 290 g/mol. The van der Waals surface area contributed by atoms with Crippen LogP contribution in [0.1, 0.15) is 21.6 Å². The Morgan fingerprint density at radius 1 is 1.42 bits per heavy atom. The predicted octanol–water partition coefficient (Wildman–Crippen LogP) is 3.60. The van der Waals surface area contributed by atoms with Gasteiger partial charge in [-0.15, -0.1) is 0 Å². The van der Waals surface area contributed by atoms with E-state index in [2.05, 4.69) is 5.10 Å². The second-order valence-corrected chi connectivity index (χ2v) is 4.97. The van der Waals surface area contributed by atoms with Gasteiger partial charge < -0.3 is 0 Å². The molecule has 0 fully saturated rings. The second kappa shape index (κ2) is 5.31. The molecule has 0 aliphatic carbocycles. The van der Waals surface area contributed by atoms with Gasteiger partial charge in [-0.25, -0.2) is 4.39 Å². The summed E-state index contributed by atoms with van der Waals surface area (Å²) < 4.78 is 14.4. The van der Waals surface area contributed by atoms with Gasteiger partial charge in [0.05, 0.1) is 10.7 Å². The van der Waals surface area contributed by atoms with E-state index in [0.29, 0.717) is 16.4 Å². The number of ketones is 1. The maximum Gasteiger partial charge on any atom is 0.168 e. The highest BCUT2D eigenvalue weighted by Gasteiger charge is 2.18. The highest BCUT2D eigenvalue weighted by Crippen LogP contribution is 2.23. The molecule has 1 heterocycles. The molecule has 1 aromatic heterocycles. The molecule has 3 nitrogen and oxygen atoms in total. The molecule has 0 bridgehead atoms. The van der Waals surface area contributed by atoms with Crippen LogP contribution in [-0.4, -0.2) is 15.6 Å². The van der Waals surface area contributed by atoms with Gasteiger partial charge >= 0.3 is 0 Å². The molecule has 0 saturated heterocycles. The number of Topliss-reactive ketones (excluding diaryl/α,β-unsaturated/α-hetero) is 1. The summed E-state index contributed by atoms with van der Waals surface area (Å²) in [5.41, 5.74) is 1.64. The van der Waals surface area contributed by atoms with Crippen LogP contribution in [0.25, 0.3) is 0 Å². The van der Waals surface area contributed by atoms with Gasteiger partial charge in [-0.2, -0.15) is 5.10 Å². The van der Waals surface area contributed by atoms with Gasteiger partial charge in [0.1, 0.15) is 11.0 Å². The van der Waals surface area contributed by atoms with Crippen molar-refractivity contribution in [3.63, 3.8) is 0 Å². The van der Waals surface area contributed by atoms with Crippen LogP contribution in [0.3, 0.4) is 0 Å². The van der Waals surface area contributed by atoms with Crippen molar-refractivity contribution in [2.75, 3.05) is 0 Å². The van der Waals surface area contributed by atoms with E-state index in [4.69, 9.17) is 23.2 Å². The van der Waals surface area contributed by atoms with Gasteiger partial charge in [0.25, 0.3) is 0 Å². The molecule has 0 amide bonds. The van der Waals surface area contributed by atoms with Crippen LogP contribution in [0, 0.1) is 12.7 Å². The fourth-order valence-electron chi connectivity index (χ4n) is 1.85. The Morgan fingerprint density at radius 2 is 2.11 bits per heavy atom. The minimum atomic E-state index is -0.475. The number of halogens is 3. The van der Waals surface area contributed by atoms with Crippen LogP contribution in [0.15, 0.2) is 18.2 Å². The largest absolute Gasteiger partial charge is 0.294 e. The summed E-state index contributed by atoms with van der Waals surface area (Å²) in [6.45, 7) is 1.78. The molecule has 100 valence electrons. The summed E-state index contributed by atoms with van der Waals surface area (Å²) in [6, 6.07) is 3.70. The Kier molecular flexibility index (Phi) is 3.92. The lowest BCUT2D eigenvalue weighted by Gasteiger charge is -2.04. The van der Waals surface area contributed by atoms with Gasteiger partial charge in [-0.05, 0) is 25.1 Å². The Balaban J connectivity index is 2.31. The zero-order valence-corrected chi connectivity index (χ0v) is 11.9. The minimum Gasteiger partial charge on any atom is -0.294 e. The first kappa shape index (κ1) is 14.0. The third kappa shape index (κ3) is 2.80. The molecule has 0 atom stereocenters. The van der Waals surface area contributed by atoms with Crippen molar-refractivity contribution in [3.8, 4) is 0 Å². The van der Waals surface area contributed by atoms with Gasteiger partial charge in [0.15, 0.2) is 5.78 Å². The summed E-state index contributed by atoms with van der Waals surface area (Å²) in [7, 11) is 1.70. The van der Waals surface area contributed by atoms with Crippen molar-refractivity contribution in [2.24, 2.45) is 7.05 Å². The lowest BCUT2D eigenvalue weighted by Crippen LogP contribution is -2.05. The zero-order valence-electron chi connectivity index (χ0n) is 10.4. The van der Waals surface area contributed by atoms with E-state index in [1.54, 1.807) is 14.0 Å². The Bertz CT molecular complexity index is 652. The number of carbonyl (C=O) groups is 1. The summed E-state index contributed by atoms with van der Waals surface area (Å²) in [5, 5.41) is 4.65. The minimum absolute atomic E-state index is 0.0872. The van der Waals surface area contributed by atoms with Crippen LogP contribution in [0.2, 0.25) is 10.2 Å². The van der Waals surface area contributed by atoms with Gasteiger partial charge in [0, 0.05) is 24.6 Å². The van der Waals surface area contributed by atoms with E-state index in [0.717, 1.165) is 6.07 Å². The molecule has 6 heteroatoms. The Labute approximate surface area is 119 Å². The molecule has 0 saturated carbocycles. The number of hydrogen-bond donors (Lipinski definition) is 0. The zero-order chi connectivity index (χ0) is 14.2. The summed E-state index contributed by atoms with van der Waals surface area (Å²) in [5.74, 6) is -0.694. The molecule has 0 aliphatic rings. The smallest absolute Gasteiger partial charge is 0.168 e. The van der Waals surface area contributed by atoms with E-state index in [9.17, 15) is 9.18 Å². The third-order valence-electron chi connectivity index (χ3n) is 2.84. The number of rotatable bonds is 3. The van der Waals surface area contributed by atoms with Crippen LogP contribution in [-0.2, 0) is 13.5 Å². The summed E-state index contributed by atoms with van der Waals surface area (Å²) in [4.78, 5) is 12.2. The van der Waals surface area contributed by atoms with Gasteiger partial charge in [-0.1, -0.05) is 23.2 Å². The molecule has 0 unspecified atom stereocenters. The first-order valence-electron chi connectivity index (χ1n) is 5.56. The quantitative estimate of drug-likeness (QED) is 0.812. The Morgan fingerprint density at radius 3 is 2.63 bits per heavy atom. The van der Waals surface area contributed by atoms with E-state index in [-0.39, 0.29) is 22.8 Å². The Hall–Kier alpha value is -1.39. The summed E-state index contributed by atoms with van der Waals surface area (Å²) >= 11 is 11.9. The van der Waals surface area contributed by atoms with Crippen LogP contribution in [0.5, 0.6) is 0 Å². The number of aromatic nitrogens is 2. The fourth-order valence-corrected chi connectivity index (χ4v) is 2.36. The maximum absolute atomic E-state index is 12.9. The topological polar surface area (TPSA) is 34.9 Å². The summed E-state index contributed by atoms with van der Waals surface area (Å²) in [6.07, 6.45) is 0.0872. The standard InChI is InChI=1S/C13H11Cl2FN2O/c1-7-10(13(15)18(2)17-7)6-12(19)9-4-3-8(16)5-11(9)14/h3-5H,6H2,1-2H3. The van der Waals surface area contributed by atoms with Crippen molar-refractivity contribution < 1.29 is 9.18 Å².